The summed E-state index contributed by atoms with van der Waals surface area (Å²) in [5.41, 5.74) is 8.45. The van der Waals surface area contributed by atoms with Gasteiger partial charge in [0.25, 0.3) is 0 Å². The van der Waals surface area contributed by atoms with Crippen molar-refractivity contribution in [1.82, 2.24) is 14.5 Å². The zero-order chi connectivity index (χ0) is 34.8. The van der Waals surface area contributed by atoms with Crippen LogP contribution < -0.4 is 10.5 Å². The van der Waals surface area contributed by atoms with Crippen LogP contribution in [0.15, 0.2) is 107 Å². The van der Waals surface area contributed by atoms with Crippen molar-refractivity contribution in [3.63, 3.8) is 0 Å². The lowest BCUT2D eigenvalue weighted by Crippen LogP contribution is -2.16. The van der Waals surface area contributed by atoms with Crippen molar-refractivity contribution in [2.75, 3.05) is 6.35 Å². The molecule has 5 aromatic rings. The Hall–Kier alpha value is -3.83. The number of aromatic nitrogens is 3. The van der Waals surface area contributed by atoms with Gasteiger partial charge in [-0.05, 0) is 47.4 Å². The highest BCUT2D eigenvalue weighted by molar-refractivity contribution is 7.99. The molecule has 0 atom stereocenters. The molecule has 10 nitrogen and oxygen atoms in total. The van der Waals surface area contributed by atoms with Crippen molar-refractivity contribution in [3.05, 3.63) is 136 Å². The molecule has 0 spiro atoms. The highest BCUT2D eigenvalue weighted by Crippen LogP contribution is 2.49. The number of pyridine rings is 1. The number of benzene rings is 3. The number of hydrogen-bond acceptors (Lipinski definition) is 9. The van der Waals surface area contributed by atoms with Crippen LogP contribution in [-0.4, -0.2) is 27.0 Å². The second-order valence-electron chi connectivity index (χ2n) is 11.2. The van der Waals surface area contributed by atoms with E-state index in [0.717, 1.165) is 26.7 Å². The normalized spacial score (nSPS) is 11.5. The van der Waals surface area contributed by atoms with E-state index < -0.39 is 13.7 Å². The summed E-state index contributed by atoms with van der Waals surface area (Å²) in [5, 5.41) is 1.81. The fourth-order valence-electron chi connectivity index (χ4n) is 4.61. The monoisotopic (exact) mass is 740 g/mol. The minimum Gasteiger partial charge on any atom is -0.479 e. The molecule has 0 unspecified atom stereocenters. The van der Waals surface area contributed by atoms with E-state index in [9.17, 15) is 9.36 Å². The number of nitrogens with zero attached hydrogens (tertiary/aromatic N) is 3. The van der Waals surface area contributed by atoms with E-state index >= 15 is 0 Å². The molecule has 0 aliphatic rings. The largest absolute Gasteiger partial charge is 0.479 e. The summed E-state index contributed by atoms with van der Waals surface area (Å²) < 4.78 is 38.4. The Morgan fingerprint density at radius 3 is 2.04 bits per heavy atom. The first-order valence-electron chi connectivity index (χ1n) is 15.3. The zero-order valence-electron chi connectivity index (χ0n) is 26.8. The minimum absolute atomic E-state index is 0.0402. The Labute approximate surface area is 299 Å². The summed E-state index contributed by atoms with van der Waals surface area (Å²) in [4.78, 5) is 21.7. The molecule has 49 heavy (non-hydrogen) atoms. The van der Waals surface area contributed by atoms with E-state index in [0.29, 0.717) is 27.3 Å². The number of halogens is 2. The van der Waals surface area contributed by atoms with Crippen LogP contribution in [0.25, 0.3) is 0 Å². The third-order valence-electron chi connectivity index (χ3n) is 7.01. The second kappa shape index (κ2) is 17.2. The molecule has 14 heteroatoms. The summed E-state index contributed by atoms with van der Waals surface area (Å²) in [7, 11) is -3.69. The van der Waals surface area contributed by atoms with E-state index in [1.54, 1.807) is 18.2 Å². The van der Waals surface area contributed by atoms with Gasteiger partial charge in [0.05, 0.1) is 37.3 Å². The van der Waals surface area contributed by atoms with Gasteiger partial charge in [0.1, 0.15) is 16.6 Å². The smallest absolute Gasteiger partial charge is 0.404 e. The van der Waals surface area contributed by atoms with Gasteiger partial charge in [0.15, 0.2) is 13.0 Å². The molecule has 0 saturated carbocycles. The summed E-state index contributed by atoms with van der Waals surface area (Å²) in [6.45, 7) is 4.40. The Bertz CT molecular complexity index is 1830. The maximum Gasteiger partial charge on any atom is 0.404 e. The highest BCUT2D eigenvalue weighted by atomic mass is 35.5. The lowest BCUT2D eigenvalue weighted by atomic mass is 10.1. The number of carbonyl (C=O) groups is 1. The number of carbonyl (C=O) groups excluding carboxylic acids is 1. The third kappa shape index (κ3) is 10.8. The van der Waals surface area contributed by atoms with Crippen LogP contribution in [0, 0.1) is 0 Å². The van der Waals surface area contributed by atoms with Crippen molar-refractivity contribution in [1.29, 1.82) is 0 Å². The molecule has 0 aliphatic heterocycles. The quantitative estimate of drug-likeness (QED) is 0.0984. The van der Waals surface area contributed by atoms with Crippen LogP contribution >= 0.6 is 42.6 Å². The molecule has 1 amide bonds. The summed E-state index contributed by atoms with van der Waals surface area (Å²) >= 11 is 14.0. The molecule has 5 rings (SSSR count). The Morgan fingerprint density at radius 1 is 0.898 bits per heavy atom. The van der Waals surface area contributed by atoms with Crippen molar-refractivity contribution in [2.45, 2.75) is 56.1 Å². The number of primary amides is 1. The van der Waals surface area contributed by atoms with Gasteiger partial charge >= 0.3 is 13.7 Å². The number of hydrogen-bond donors (Lipinski definition) is 1. The minimum atomic E-state index is -3.69. The molecule has 2 aromatic heterocycles. The molecule has 256 valence electrons. The van der Waals surface area contributed by atoms with Gasteiger partial charge in [0, 0.05) is 14.9 Å². The van der Waals surface area contributed by atoms with E-state index in [1.165, 1.54) is 18.0 Å². The fraction of sp³-hybridized carbons (Fsp3) is 0.229. The molecule has 0 saturated heterocycles. The first-order chi connectivity index (χ1) is 23.6. The van der Waals surface area contributed by atoms with Crippen molar-refractivity contribution < 1.29 is 27.9 Å². The Morgan fingerprint density at radius 2 is 1.51 bits per heavy atom. The molecular formula is C35H35Cl2N4O6PS. The average Bonchev–Trinajstić information content (AvgIpc) is 3.42. The van der Waals surface area contributed by atoms with Crippen LogP contribution in [-0.2, 0) is 44.7 Å². The molecule has 0 radical (unpaired) electrons. The molecule has 2 N–H and O–H groups in total. The predicted molar refractivity (Wildman–Crippen MR) is 190 cm³/mol. The predicted octanol–water partition coefficient (Wildman–Crippen LogP) is 9.47. The van der Waals surface area contributed by atoms with Crippen LogP contribution in [0.3, 0.4) is 0 Å². The van der Waals surface area contributed by atoms with Gasteiger partial charge in [-0.25, -0.2) is 9.78 Å². The van der Waals surface area contributed by atoms with Crippen molar-refractivity contribution in [2.24, 2.45) is 5.73 Å². The second-order valence-corrected chi connectivity index (χ2v) is 15.1. The highest BCUT2D eigenvalue weighted by Gasteiger charge is 2.27. The van der Waals surface area contributed by atoms with Gasteiger partial charge in [-0.2, -0.15) is 0 Å². The first-order valence-corrected chi connectivity index (χ1v) is 18.6. The lowest BCUT2D eigenvalue weighted by Gasteiger charge is -2.19. The molecule has 2 heterocycles. The van der Waals surface area contributed by atoms with Crippen LogP contribution in [0.5, 0.6) is 5.75 Å². The average molecular weight is 742 g/mol. The van der Waals surface area contributed by atoms with Crippen LogP contribution in [0.4, 0.5) is 4.79 Å². The number of rotatable bonds is 16. The van der Waals surface area contributed by atoms with Gasteiger partial charge in [-0.1, -0.05) is 109 Å². The third-order valence-corrected chi connectivity index (χ3v) is 10.0. The van der Waals surface area contributed by atoms with Crippen LogP contribution in [0.2, 0.25) is 10.0 Å². The van der Waals surface area contributed by atoms with Gasteiger partial charge in [-0.3, -0.25) is 9.55 Å². The number of imidazole rings is 1. The summed E-state index contributed by atoms with van der Waals surface area (Å²) in [6.07, 6.45) is 0.316. The van der Waals surface area contributed by atoms with Gasteiger partial charge in [0.2, 0.25) is 0 Å². The first kappa shape index (κ1) is 36.5. The number of amides is 1. The van der Waals surface area contributed by atoms with Gasteiger partial charge in [-0.15, -0.1) is 0 Å². The summed E-state index contributed by atoms with van der Waals surface area (Å²) in [6, 6.07) is 27.7. The lowest BCUT2D eigenvalue weighted by molar-refractivity contribution is 0.145. The maximum atomic E-state index is 13.8. The molecule has 3 aromatic carbocycles. The SMILES string of the molecule is CC(C)c1nc(COC(N)=O)n(Cc2ccc(OCP(=O)(OCc3ccccc3)OCc3ccccc3)cn2)c1Sc1cc(Cl)cc(Cl)c1. The topological polar surface area (TPSA) is 128 Å². The number of nitrogens with two attached hydrogens (primary N) is 1. The van der Waals surface area contributed by atoms with Gasteiger partial charge < -0.3 is 28.8 Å². The fourth-order valence-corrected chi connectivity index (χ4v) is 7.74. The summed E-state index contributed by atoms with van der Waals surface area (Å²) in [5.74, 6) is 0.912. The van der Waals surface area contributed by atoms with Crippen molar-refractivity contribution >= 4 is 48.7 Å². The Kier molecular flexibility index (Phi) is 12.8. The maximum absolute atomic E-state index is 13.8. The van der Waals surface area contributed by atoms with Crippen molar-refractivity contribution in [3.8, 4) is 5.75 Å². The van der Waals surface area contributed by atoms with E-state index in [-0.39, 0.29) is 38.6 Å². The Balaban J connectivity index is 1.34. The van der Waals surface area contributed by atoms with E-state index in [2.05, 4.69) is 4.98 Å². The number of ether oxygens (including phenoxy) is 2. The standard InChI is InChI=1S/C35H35Cl2N4O6PS/c1-24(2)33-34(49-31-16-27(36)15-28(37)17-31)41(32(40-33)22-44-35(38)42)19-29-13-14-30(18-39-29)45-23-48(43,46-20-25-9-5-3-6-10-25)47-21-26-11-7-4-8-12-26/h3-18,24H,19-23H2,1-2H3,(H2,38,42). The van der Waals surface area contributed by atoms with Crippen LogP contribution in [0.1, 0.15) is 48.1 Å². The van der Waals surface area contributed by atoms with E-state index in [4.69, 9.17) is 52.4 Å². The molecular weight excluding hydrogens is 706 g/mol. The zero-order valence-corrected chi connectivity index (χ0v) is 30.1. The molecule has 0 bridgehead atoms. The molecule has 0 fully saturated rings. The molecule has 0 aliphatic carbocycles. The van der Waals surface area contributed by atoms with E-state index in [1.807, 2.05) is 91.2 Å².